The van der Waals surface area contributed by atoms with Crippen molar-refractivity contribution in [2.24, 2.45) is 0 Å². The van der Waals surface area contributed by atoms with E-state index in [1.54, 1.807) is 19.1 Å². The zero-order valence-corrected chi connectivity index (χ0v) is 16.2. The zero-order valence-electron chi connectivity index (χ0n) is 16.2. The Labute approximate surface area is 168 Å². The number of piperidine rings is 1. The van der Waals surface area contributed by atoms with Gasteiger partial charge in [0.15, 0.2) is 0 Å². The highest BCUT2D eigenvalue weighted by molar-refractivity contribution is 5.75. The standard InChI is InChI=1S/C17H23FN2O3.2CH2O2/c1-12-2-3-13(10-14(12)18)15(16(21)22)20-8-9-23-17(11-20)4-6-19-7-5-17;2*2-1-3/h2-3,10,15,19H,4-9,11H2,1H3,(H,21,22);2*1H,(H,2,3). The second kappa shape index (κ2) is 12.1. The topological polar surface area (TPSA) is 136 Å². The number of aliphatic carboxylic acids is 1. The fourth-order valence-electron chi connectivity index (χ4n) is 3.57. The van der Waals surface area contributed by atoms with E-state index in [1.165, 1.54) is 6.07 Å². The molecule has 0 aromatic heterocycles. The number of rotatable bonds is 3. The Morgan fingerprint density at radius 2 is 1.86 bits per heavy atom. The normalized spacial score (nSPS) is 19.0. The van der Waals surface area contributed by atoms with Gasteiger partial charge in [0.25, 0.3) is 12.9 Å². The minimum atomic E-state index is -0.945. The fraction of sp³-hybridized carbons (Fsp3) is 0.526. The molecule has 1 aromatic rings. The van der Waals surface area contributed by atoms with E-state index in [0.29, 0.717) is 30.8 Å². The molecule has 3 rings (SSSR count). The van der Waals surface area contributed by atoms with E-state index >= 15 is 0 Å². The van der Waals surface area contributed by atoms with E-state index in [1.807, 2.05) is 4.90 Å². The molecule has 0 amide bonds. The van der Waals surface area contributed by atoms with Crippen LogP contribution in [0.4, 0.5) is 4.39 Å². The molecule has 9 nitrogen and oxygen atoms in total. The highest BCUT2D eigenvalue weighted by Gasteiger charge is 2.41. The predicted molar refractivity (Wildman–Crippen MR) is 101 cm³/mol. The molecule has 0 saturated carbocycles. The number of nitrogens with zero attached hydrogens (tertiary/aromatic N) is 1. The van der Waals surface area contributed by atoms with Crippen LogP contribution in [0.15, 0.2) is 18.2 Å². The second-order valence-corrected chi connectivity index (χ2v) is 6.71. The van der Waals surface area contributed by atoms with E-state index in [-0.39, 0.29) is 24.4 Å². The molecule has 29 heavy (non-hydrogen) atoms. The van der Waals surface area contributed by atoms with Gasteiger partial charge in [-0.2, -0.15) is 0 Å². The van der Waals surface area contributed by atoms with Gasteiger partial charge in [-0.05, 0) is 50.0 Å². The molecule has 0 aliphatic carbocycles. The fourth-order valence-corrected chi connectivity index (χ4v) is 3.57. The van der Waals surface area contributed by atoms with Crippen molar-refractivity contribution in [3.63, 3.8) is 0 Å². The Bertz CT molecular complexity index is 669. The number of halogens is 1. The lowest BCUT2D eigenvalue weighted by Gasteiger charge is -2.46. The molecule has 0 radical (unpaired) electrons. The van der Waals surface area contributed by atoms with Crippen LogP contribution in [0.25, 0.3) is 0 Å². The lowest BCUT2D eigenvalue weighted by Crippen LogP contribution is -2.57. The SMILES string of the molecule is Cc1ccc(C(C(=O)O)N2CCOC3(CCNCC3)C2)cc1F.O=CO.O=CO. The Kier molecular flexibility index (Phi) is 10.2. The van der Waals surface area contributed by atoms with Crippen LogP contribution in [-0.4, -0.2) is 77.5 Å². The summed E-state index contributed by atoms with van der Waals surface area (Å²) in [6.07, 6.45) is 1.75. The van der Waals surface area contributed by atoms with Gasteiger partial charge in [-0.1, -0.05) is 12.1 Å². The molecule has 2 heterocycles. The third-order valence-corrected chi connectivity index (χ3v) is 4.90. The summed E-state index contributed by atoms with van der Waals surface area (Å²) in [5.41, 5.74) is 0.738. The van der Waals surface area contributed by atoms with Crippen LogP contribution in [0.2, 0.25) is 0 Å². The Hall–Kier alpha value is -2.56. The van der Waals surface area contributed by atoms with Crippen molar-refractivity contribution in [3.05, 3.63) is 35.1 Å². The van der Waals surface area contributed by atoms with E-state index < -0.39 is 12.0 Å². The monoisotopic (exact) mass is 414 g/mol. The number of benzene rings is 1. The van der Waals surface area contributed by atoms with E-state index in [4.69, 9.17) is 24.5 Å². The first-order valence-electron chi connectivity index (χ1n) is 9.07. The lowest BCUT2D eigenvalue weighted by atomic mass is 9.89. The minimum absolute atomic E-state index is 0.250. The highest BCUT2D eigenvalue weighted by Crippen LogP contribution is 2.32. The summed E-state index contributed by atoms with van der Waals surface area (Å²) in [6.45, 7) is 4.56. The quantitative estimate of drug-likeness (QED) is 0.536. The van der Waals surface area contributed by atoms with Gasteiger partial charge in [-0.15, -0.1) is 0 Å². The lowest BCUT2D eigenvalue weighted by molar-refractivity contribution is -0.158. The molecule has 1 spiro atoms. The van der Waals surface area contributed by atoms with Crippen molar-refractivity contribution in [3.8, 4) is 0 Å². The summed E-state index contributed by atoms with van der Waals surface area (Å²) in [6, 6.07) is 3.86. The predicted octanol–water partition coefficient (Wildman–Crippen LogP) is 1.12. The third kappa shape index (κ3) is 7.08. The van der Waals surface area contributed by atoms with Gasteiger partial charge in [-0.25, -0.2) is 4.39 Å². The summed E-state index contributed by atoms with van der Waals surface area (Å²) in [5.74, 6) is -1.31. The molecular weight excluding hydrogens is 387 g/mol. The van der Waals surface area contributed by atoms with Crippen LogP contribution in [-0.2, 0) is 19.1 Å². The molecule has 2 saturated heterocycles. The first-order valence-corrected chi connectivity index (χ1v) is 9.07. The van der Waals surface area contributed by atoms with Gasteiger partial charge < -0.3 is 25.4 Å². The van der Waals surface area contributed by atoms with Crippen LogP contribution < -0.4 is 5.32 Å². The number of hydrogen-bond acceptors (Lipinski definition) is 6. The van der Waals surface area contributed by atoms with Gasteiger partial charge in [0.2, 0.25) is 0 Å². The number of hydrogen-bond donors (Lipinski definition) is 4. The third-order valence-electron chi connectivity index (χ3n) is 4.90. The summed E-state index contributed by atoms with van der Waals surface area (Å²) in [4.78, 5) is 30.5. The number of carbonyl (C=O) groups is 3. The molecular formula is C19H27FN2O7. The molecule has 1 aromatic carbocycles. The Morgan fingerprint density at radius 1 is 1.28 bits per heavy atom. The number of carboxylic acids is 1. The summed E-state index contributed by atoms with van der Waals surface area (Å²) in [7, 11) is 0. The number of morpholine rings is 1. The maximum atomic E-state index is 13.9. The van der Waals surface area contributed by atoms with E-state index in [9.17, 15) is 14.3 Å². The average molecular weight is 414 g/mol. The molecule has 1 unspecified atom stereocenters. The van der Waals surface area contributed by atoms with Crippen LogP contribution in [0.1, 0.15) is 30.0 Å². The first-order chi connectivity index (χ1) is 13.8. The molecule has 10 heteroatoms. The Balaban J connectivity index is 0.000000626. The largest absolute Gasteiger partial charge is 0.483 e. The zero-order chi connectivity index (χ0) is 21.9. The highest BCUT2D eigenvalue weighted by atomic mass is 19.1. The van der Waals surface area contributed by atoms with Crippen molar-refractivity contribution in [1.82, 2.24) is 10.2 Å². The Morgan fingerprint density at radius 3 is 2.38 bits per heavy atom. The van der Waals surface area contributed by atoms with Gasteiger partial charge in [-0.3, -0.25) is 19.3 Å². The van der Waals surface area contributed by atoms with Crippen molar-refractivity contribution in [2.75, 3.05) is 32.8 Å². The number of ether oxygens (including phenoxy) is 1. The molecule has 2 aliphatic rings. The van der Waals surface area contributed by atoms with Crippen molar-refractivity contribution in [2.45, 2.75) is 31.4 Å². The van der Waals surface area contributed by atoms with Crippen LogP contribution in [0, 0.1) is 12.7 Å². The van der Waals surface area contributed by atoms with Gasteiger partial charge >= 0.3 is 5.97 Å². The van der Waals surface area contributed by atoms with Gasteiger partial charge in [0.1, 0.15) is 11.9 Å². The van der Waals surface area contributed by atoms with E-state index in [0.717, 1.165) is 25.9 Å². The number of aryl methyl sites for hydroxylation is 1. The minimum Gasteiger partial charge on any atom is -0.483 e. The second-order valence-electron chi connectivity index (χ2n) is 6.71. The van der Waals surface area contributed by atoms with Crippen molar-refractivity contribution >= 4 is 18.9 Å². The number of carboxylic acid groups (broad SMARTS) is 3. The summed E-state index contributed by atoms with van der Waals surface area (Å²) >= 11 is 0. The molecule has 0 bridgehead atoms. The number of nitrogens with one attached hydrogen (secondary N) is 1. The molecule has 2 aliphatic heterocycles. The van der Waals surface area contributed by atoms with Crippen molar-refractivity contribution in [1.29, 1.82) is 0 Å². The van der Waals surface area contributed by atoms with Crippen LogP contribution in [0.3, 0.4) is 0 Å². The maximum Gasteiger partial charge on any atom is 0.325 e. The summed E-state index contributed by atoms with van der Waals surface area (Å²) < 4.78 is 19.9. The maximum absolute atomic E-state index is 13.9. The molecule has 4 N–H and O–H groups in total. The average Bonchev–Trinajstić information content (AvgIpc) is 2.67. The smallest absolute Gasteiger partial charge is 0.325 e. The first kappa shape index (κ1) is 24.5. The molecule has 2 fully saturated rings. The van der Waals surface area contributed by atoms with Crippen LogP contribution in [0.5, 0.6) is 0 Å². The van der Waals surface area contributed by atoms with Crippen LogP contribution >= 0.6 is 0 Å². The molecule has 162 valence electrons. The van der Waals surface area contributed by atoms with Crippen molar-refractivity contribution < 1.29 is 38.8 Å². The van der Waals surface area contributed by atoms with E-state index in [2.05, 4.69) is 5.32 Å². The van der Waals surface area contributed by atoms with Gasteiger partial charge in [0, 0.05) is 13.1 Å². The molecule has 1 atom stereocenters. The summed E-state index contributed by atoms with van der Waals surface area (Å²) in [5, 5.41) is 26.8. The van der Waals surface area contributed by atoms with Gasteiger partial charge in [0.05, 0.1) is 12.2 Å².